The monoisotopic (exact) mass is 170 g/mol. The highest BCUT2D eigenvalue weighted by Gasteiger charge is 2.27. The Morgan fingerprint density at radius 2 is 2.17 bits per heavy atom. The van der Waals surface area contributed by atoms with Crippen LogP contribution in [0.15, 0.2) is 12.5 Å². The van der Waals surface area contributed by atoms with Gasteiger partial charge in [0.1, 0.15) is 0 Å². The van der Waals surface area contributed by atoms with Gasteiger partial charge >= 0.3 is 0 Å². The second-order valence-electron chi connectivity index (χ2n) is 3.52. The average Bonchev–Trinajstić information content (AvgIpc) is 1.94. The van der Waals surface area contributed by atoms with E-state index in [0.717, 1.165) is 19.0 Å². The Kier molecular flexibility index (Phi) is 2.98. The van der Waals surface area contributed by atoms with E-state index in [0.29, 0.717) is 12.1 Å². The number of ether oxygens (including phenoxy) is 1. The number of nitrogens with one attached hydrogen (secondary N) is 1. The summed E-state index contributed by atoms with van der Waals surface area (Å²) in [5.41, 5.74) is 0. The third kappa shape index (κ3) is 2.14. The number of nitrogens with zero attached hydrogens (tertiary/aromatic N) is 1. The van der Waals surface area contributed by atoms with Crippen LogP contribution >= 0.6 is 0 Å². The van der Waals surface area contributed by atoms with E-state index in [9.17, 15) is 0 Å². The van der Waals surface area contributed by atoms with Crippen LogP contribution < -0.4 is 5.32 Å². The fourth-order valence-electron chi connectivity index (χ4n) is 1.39. The van der Waals surface area contributed by atoms with Crippen LogP contribution in [-0.2, 0) is 4.74 Å². The molecule has 0 saturated carbocycles. The van der Waals surface area contributed by atoms with E-state index in [1.165, 1.54) is 0 Å². The topological polar surface area (TPSA) is 24.5 Å². The zero-order valence-corrected chi connectivity index (χ0v) is 8.13. The smallest absolute Gasteiger partial charge is 0.181 e. The summed E-state index contributed by atoms with van der Waals surface area (Å²) in [4.78, 5) is 2.13. The Balaban J connectivity index is 2.15. The van der Waals surface area contributed by atoms with Gasteiger partial charge in [0.05, 0.1) is 7.11 Å². The summed E-state index contributed by atoms with van der Waals surface area (Å²) in [5, 5.41) is 3.45. The van der Waals surface area contributed by atoms with Gasteiger partial charge in [-0.3, -0.25) is 0 Å². The number of hydrogen-bond acceptors (Lipinski definition) is 3. The van der Waals surface area contributed by atoms with E-state index in [1.807, 2.05) is 0 Å². The molecular weight excluding hydrogens is 152 g/mol. The van der Waals surface area contributed by atoms with Crippen molar-refractivity contribution in [2.75, 3.05) is 20.2 Å². The third-order valence-corrected chi connectivity index (χ3v) is 2.04. The van der Waals surface area contributed by atoms with Gasteiger partial charge in [0.15, 0.2) is 5.88 Å². The van der Waals surface area contributed by atoms with Gasteiger partial charge in [-0.05, 0) is 6.58 Å². The third-order valence-electron chi connectivity index (χ3n) is 2.04. The lowest BCUT2D eigenvalue weighted by Crippen LogP contribution is -2.58. The van der Waals surface area contributed by atoms with Crippen molar-refractivity contribution in [1.29, 1.82) is 0 Å². The molecule has 0 radical (unpaired) electrons. The molecule has 0 spiro atoms. The summed E-state index contributed by atoms with van der Waals surface area (Å²) in [7, 11) is 1.66. The van der Waals surface area contributed by atoms with Gasteiger partial charge in [-0.15, -0.1) is 0 Å². The Hall–Kier alpha value is -0.700. The highest BCUT2D eigenvalue weighted by atomic mass is 16.5. The summed E-state index contributed by atoms with van der Waals surface area (Å²) in [6.07, 6.45) is 0. The predicted octanol–water partition coefficient (Wildman–Crippen LogP) is 0.786. The molecule has 1 N–H and O–H groups in total. The number of hydrogen-bond donors (Lipinski definition) is 1. The zero-order valence-electron chi connectivity index (χ0n) is 8.13. The standard InChI is InChI=1S/C9H18N2O/c1-7(2)10-9-5-11(6-9)8(3)12-4/h7,9-10H,3,5-6H2,1-2,4H3. The second-order valence-corrected chi connectivity index (χ2v) is 3.52. The number of likely N-dealkylation sites (tertiary alicyclic amines) is 1. The molecule has 0 aromatic rings. The molecule has 1 aliphatic heterocycles. The number of rotatable bonds is 4. The molecule has 1 aliphatic rings. The molecule has 0 unspecified atom stereocenters. The van der Waals surface area contributed by atoms with Gasteiger partial charge in [-0.25, -0.2) is 0 Å². The normalized spacial score (nSPS) is 17.8. The van der Waals surface area contributed by atoms with Crippen LogP contribution in [0.1, 0.15) is 13.8 Å². The van der Waals surface area contributed by atoms with Crippen molar-refractivity contribution in [2.45, 2.75) is 25.9 Å². The molecule has 1 rings (SSSR count). The predicted molar refractivity (Wildman–Crippen MR) is 49.8 cm³/mol. The van der Waals surface area contributed by atoms with Crippen LogP contribution in [0.5, 0.6) is 0 Å². The summed E-state index contributed by atoms with van der Waals surface area (Å²) in [5.74, 6) is 0.775. The van der Waals surface area contributed by atoms with Gasteiger partial charge in [0.2, 0.25) is 0 Å². The first-order valence-corrected chi connectivity index (χ1v) is 4.37. The second kappa shape index (κ2) is 3.81. The van der Waals surface area contributed by atoms with E-state index in [4.69, 9.17) is 4.74 Å². The van der Waals surface area contributed by atoms with Crippen molar-refractivity contribution in [3.63, 3.8) is 0 Å². The maximum atomic E-state index is 5.01. The highest BCUT2D eigenvalue weighted by Crippen LogP contribution is 2.14. The molecule has 3 heteroatoms. The first-order valence-electron chi connectivity index (χ1n) is 4.37. The van der Waals surface area contributed by atoms with E-state index in [-0.39, 0.29) is 0 Å². The fourth-order valence-corrected chi connectivity index (χ4v) is 1.39. The van der Waals surface area contributed by atoms with Crippen LogP contribution in [0.25, 0.3) is 0 Å². The summed E-state index contributed by atoms with van der Waals surface area (Å²) >= 11 is 0. The molecule has 12 heavy (non-hydrogen) atoms. The van der Waals surface area contributed by atoms with Crippen molar-refractivity contribution in [2.24, 2.45) is 0 Å². The van der Waals surface area contributed by atoms with Crippen LogP contribution in [0.2, 0.25) is 0 Å². The van der Waals surface area contributed by atoms with E-state index >= 15 is 0 Å². The molecule has 1 heterocycles. The minimum Gasteiger partial charge on any atom is -0.483 e. The minimum atomic E-state index is 0.563. The first kappa shape index (κ1) is 9.39. The molecular formula is C9H18N2O. The first-order chi connectivity index (χ1) is 5.63. The maximum Gasteiger partial charge on any atom is 0.181 e. The summed E-state index contributed by atoms with van der Waals surface area (Å²) < 4.78 is 5.01. The molecule has 0 aliphatic carbocycles. The number of methoxy groups -OCH3 is 1. The summed E-state index contributed by atoms with van der Waals surface area (Å²) in [6.45, 7) is 10.1. The van der Waals surface area contributed by atoms with Crippen LogP contribution in [0.3, 0.4) is 0 Å². The minimum absolute atomic E-state index is 0.563. The fraction of sp³-hybridized carbons (Fsp3) is 0.778. The molecule has 3 nitrogen and oxygen atoms in total. The molecule has 1 saturated heterocycles. The van der Waals surface area contributed by atoms with Crippen molar-refractivity contribution in [3.05, 3.63) is 12.5 Å². The van der Waals surface area contributed by atoms with Crippen LogP contribution in [0, 0.1) is 0 Å². The van der Waals surface area contributed by atoms with Crippen molar-refractivity contribution < 1.29 is 4.74 Å². The van der Waals surface area contributed by atoms with E-state index < -0.39 is 0 Å². The lowest BCUT2D eigenvalue weighted by atomic mass is 10.1. The molecule has 0 aromatic carbocycles. The van der Waals surface area contributed by atoms with Gasteiger partial charge in [-0.1, -0.05) is 13.8 Å². The molecule has 1 fully saturated rings. The van der Waals surface area contributed by atoms with Gasteiger partial charge < -0.3 is 15.0 Å². The van der Waals surface area contributed by atoms with Crippen molar-refractivity contribution >= 4 is 0 Å². The molecule has 70 valence electrons. The molecule has 0 amide bonds. The molecule has 0 bridgehead atoms. The largest absolute Gasteiger partial charge is 0.483 e. The quantitative estimate of drug-likeness (QED) is 0.631. The highest BCUT2D eigenvalue weighted by molar-refractivity contribution is 4.96. The van der Waals surface area contributed by atoms with Crippen molar-refractivity contribution in [1.82, 2.24) is 10.2 Å². The Labute approximate surface area is 74.4 Å². The maximum absolute atomic E-state index is 5.01. The van der Waals surface area contributed by atoms with Crippen LogP contribution in [0.4, 0.5) is 0 Å². The lowest BCUT2D eigenvalue weighted by Gasteiger charge is -2.42. The van der Waals surface area contributed by atoms with Crippen molar-refractivity contribution in [3.8, 4) is 0 Å². The molecule has 0 aromatic heterocycles. The Morgan fingerprint density at radius 1 is 1.58 bits per heavy atom. The Bertz CT molecular complexity index is 162. The van der Waals surface area contributed by atoms with Gasteiger partial charge in [0.25, 0.3) is 0 Å². The van der Waals surface area contributed by atoms with Gasteiger partial charge in [0, 0.05) is 25.2 Å². The van der Waals surface area contributed by atoms with E-state index in [2.05, 4.69) is 30.6 Å². The Morgan fingerprint density at radius 3 is 2.58 bits per heavy atom. The lowest BCUT2D eigenvalue weighted by molar-refractivity contribution is 0.0748. The SMILES string of the molecule is C=C(OC)N1CC(NC(C)C)C1. The average molecular weight is 170 g/mol. The summed E-state index contributed by atoms with van der Waals surface area (Å²) in [6, 6.07) is 1.17. The molecule has 0 atom stereocenters. The van der Waals surface area contributed by atoms with Crippen LogP contribution in [-0.4, -0.2) is 37.2 Å². The zero-order chi connectivity index (χ0) is 9.14. The van der Waals surface area contributed by atoms with Gasteiger partial charge in [-0.2, -0.15) is 0 Å². The van der Waals surface area contributed by atoms with E-state index in [1.54, 1.807) is 7.11 Å².